The monoisotopic (exact) mass is 354 g/mol. The van der Waals surface area contributed by atoms with Gasteiger partial charge in [-0.2, -0.15) is 0 Å². The van der Waals surface area contributed by atoms with E-state index in [1.54, 1.807) is 13.2 Å². The largest absolute Gasteiger partial charge is 0.496 e. The van der Waals surface area contributed by atoms with Gasteiger partial charge < -0.3 is 10.1 Å². The molecule has 1 amide bonds. The Labute approximate surface area is 153 Å². The van der Waals surface area contributed by atoms with Gasteiger partial charge in [-0.05, 0) is 48.8 Å². The van der Waals surface area contributed by atoms with Crippen LogP contribution in [0.1, 0.15) is 23.6 Å². The van der Waals surface area contributed by atoms with Gasteiger partial charge in [0, 0.05) is 17.3 Å². The Balaban J connectivity index is 2.01. The van der Waals surface area contributed by atoms with E-state index in [1.165, 1.54) is 6.08 Å². The van der Waals surface area contributed by atoms with E-state index in [2.05, 4.69) is 17.6 Å². The molecule has 0 aromatic heterocycles. The van der Waals surface area contributed by atoms with Crippen LogP contribution in [-0.2, 0) is 11.2 Å². The summed E-state index contributed by atoms with van der Waals surface area (Å²) >= 11 is 5.26. The van der Waals surface area contributed by atoms with Gasteiger partial charge in [-0.15, -0.1) is 0 Å². The topological polar surface area (TPSA) is 50.4 Å². The quantitative estimate of drug-likeness (QED) is 0.627. The third-order valence-electron chi connectivity index (χ3n) is 3.77. The first kappa shape index (κ1) is 18.7. The fraction of sp³-hybridized carbons (Fsp3) is 0.200. The zero-order valence-electron chi connectivity index (χ0n) is 14.6. The molecule has 4 nitrogen and oxygen atoms in total. The molecule has 0 radical (unpaired) electrons. The van der Waals surface area contributed by atoms with E-state index in [9.17, 15) is 4.79 Å². The van der Waals surface area contributed by atoms with Gasteiger partial charge in [0.2, 0.25) is 5.91 Å². The van der Waals surface area contributed by atoms with Crippen LogP contribution in [0.15, 0.2) is 48.5 Å². The van der Waals surface area contributed by atoms with Crippen LogP contribution in [0, 0.1) is 6.92 Å². The van der Waals surface area contributed by atoms with E-state index in [1.807, 2.05) is 49.4 Å². The lowest BCUT2D eigenvalue weighted by molar-refractivity contribution is -0.115. The zero-order valence-corrected chi connectivity index (χ0v) is 15.4. The highest BCUT2D eigenvalue weighted by Crippen LogP contribution is 2.21. The van der Waals surface area contributed by atoms with Crippen molar-refractivity contribution in [2.75, 3.05) is 12.4 Å². The van der Waals surface area contributed by atoms with Gasteiger partial charge in [0.25, 0.3) is 0 Å². The molecule has 0 atom stereocenters. The standard InChI is InChI=1S/C20H22N2O2S/c1-4-15-10-7-8-14(2)19(15)22-20(25)21-18(23)13-12-16-9-5-6-11-17(16)24-3/h5-13H,4H2,1-3H3,(H2,21,22,23,25)/b13-12+. The number of carbonyl (C=O) groups is 1. The van der Waals surface area contributed by atoms with Gasteiger partial charge in [0.1, 0.15) is 5.75 Å². The van der Waals surface area contributed by atoms with E-state index in [0.717, 1.165) is 28.8 Å². The fourth-order valence-corrected chi connectivity index (χ4v) is 2.67. The van der Waals surface area contributed by atoms with Gasteiger partial charge in [0.05, 0.1) is 7.11 Å². The number of rotatable bonds is 5. The third-order valence-corrected chi connectivity index (χ3v) is 3.97. The van der Waals surface area contributed by atoms with Crippen molar-refractivity contribution in [3.63, 3.8) is 0 Å². The number of hydrogen-bond acceptors (Lipinski definition) is 3. The average molecular weight is 354 g/mol. The first-order valence-corrected chi connectivity index (χ1v) is 8.47. The second kappa shape index (κ2) is 8.99. The van der Waals surface area contributed by atoms with Crippen LogP contribution >= 0.6 is 12.2 Å². The lowest BCUT2D eigenvalue weighted by Gasteiger charge is -2.14. The van der Waals surface area contributed by atoms with Crippen molar-refractivity contribution >= 4 is 35.0 Å². The van der Waals surface area contributed by atoms with Crippen molar-refractivity contribution in [2.45, 2.75) is 20.3 Å². The first-order valence-electron chi connectivity index (χ1n) is 8.06. The summed E-state index contributed by atoms with van der Waals surface area (Å²) in [6.45, 7) is 4.09. The maximum absolute atomic E-state index is 12.1. The Hall–Kier alpha value is -2.66. The van der Waals surface area contributed by atoms with Gasteiger partial charge in [-0.25, -0.2) is 0 Å². The summed E-state index contributed by atoms with van der Waals surface area (Å²) in [6, 6.07) is 13.5. The third kappa shape index (κ3) is 5.16. The van der Waals surface area contributed by atoms with Crippen LogP contribution in [-0.4, -0.2) is 18.1 Å². The molecule has 0 aliphatic heterocycles. The average Bonchev–Trinajstić information content (AvgIpc) is 2.61. The number of aryl methyl sites for hydroxylation is 2. The minimum atomic E-state index is -0.296. The summed E-state index contributed by atoms with van der Waals surface area (Å²) in [6.07, 6.45) is 4.01. The highest BCUT2D eigenvalue weighted by Gasteiger charge is 2.07. The van der Waals surface area contributed by atoms with Crippen molar-refractivity contribution in [2.24, 2.45) is 0 Å². The van der Waals surface area contributed by atoms with Gasteiger partial charge in [0.15, 0.2) is 5.11 Å². The smallest absolute Gasteiger partial charge is 0.250 e. The Bertz CT molecular complexity index is 800. The molecule has 0 aliphatic rings. The highest BCUT2D eigenvalue weighted by molar-refractivity contribution is 7.80. The number of methoxy groups -OCH3 is 1. The second-order valence-electron chi connectivity index (χ2n) is 5.48. The molecular formula is C20H22N2O2S. The number of nitrogens with one attached hydrogen (secondary N) is 2. The van der Waals surface area contributed by atoms with E-state index < -0.39 is 0 Å². The maximum atomic E-state index is 12.1. The van der Waals surface area contributed by atoms with Gasteiger partial charge >= 0.3 is 0 Å². The molecule has 5 heteroatoms. The number of benzene rings is 2. The summed E-state index contributed by atoms with van der Waals surface area (Å²) in [5.41, 5.74) is 4.01. The fourth-order valence-electron chi connectivity index (χ4n) is 2.47. The summed E-state index contributed by atoms with van der Waals surface area (Å²) in [5.74, 6) is 0.412. The molecule has 0 aliphatic carbocycles. The van der Waals surface area contributed by atoms with Crippen LogP contribution in [0.2, 0.25) is 0 Å². The minimum absolute atomic E-state index is 0.277. The molecule has 0 spiro atoms. The predicted molar refractivity (Wildman–Crippen MR) is 107 cm³/mol. The number of amides is 1. The molecule has 0 bridgehead atoms. The molecule has 0 unspecified atom stereocenters. The van der Waals surface area contributed by atoms with Crippen molar-refractivity contribution < 1.29 is 9.53 Å². The molecule has 0 saturated carbocycles. The lowest BCUT2D eigenvalue weighted by atomic mass is 10.1. The molecule has 0 heterocycles. The lowest BCUT2D eigenvalue weighted by Crippen LogP contribution is -2.33. The summed E-state index contributed by atoms with van der Waals surface area (Å²) in [4.78, 5) is 12.1. The Morgan fingerprint density at radius 1 is 1.20 bits per heavy atom. The van der Waals surface area contributed by atoms with Crippen molar-refractivity contribution in [3.05, 3.63) is 65.2 Å². The van der Waals surface area contributed by atoms with E-state index in [4.69, 9.17) is 17.0 Å². The number of carbonyl (C=O) groups excluding carboxylic acids is 1. The predicted octanol–water partition coefficient (Wildman–Crippen LogP) is 4.09. The van der Waals surface area contributed by atoms with Crippen molar-refractivity contribution in [1.82, 2.24) is 5.32 Å². The van der Waals surface area contributed by atoms with Crippen molar-refractivity contribution in [3.8, 4) is 5.75 Å². The van der Waals surface area contributed by atoms with E-state index in [0.29, 0.717) is 5.75 Å². The van der Waals surface area contributed by atoms with Gasteiger partial charge in [-0.1, -0.05) is 43.3 Å². The molecule has 25 heavy (non-hydrogen) atoms. The highest BCUT2D eigenvalue weighted by atomic mass is 32.1. The van der Waals surface area contributed by atoms with Crippen LogP contribution in [0.4, 0.5) is 5.69 Å². The number of anilines is 1. The molecule has 0 fully saturated rings. The number of thiocarbonyl (C=S) groups is 1. The normalized spacial score (nSPS) is 10.5. The van der Waals surface area contributed by atoms with Crippen LogP contribution < -0.4 is 15.4 Å². The first-order chi connectivity index (χ1) is 12.0. The molecule has 2 aromatic carbocycles. The molecular weight excluding hydrogens is 332 g/mol. The van der Waals surface area contributed by atoms with Crippen LogP contribution in [0.25, 0.3) is 6.08 Å². The molecule has 2 rings (SSSR count). The molecule has 2 N–H and O–H groups in total. The van der Waals surface area contributed by atoms with Crippen molar-refractivity contribution in [1.29, 1.82) is 0 Å². The number of hydrogen-bond donors (Lipinski definition) is 2. The summed E-state index contributed by atoms with van der Waals surface area (Å²) in [7, 11) is 1.60. The Kier molecular flexibility index (Phi) is 6.71. The van der Waals surface area contributed by atoms with Crippen LogP contribution in [0.3, 0.4) is 0 Å². The Morgan fingerprint density at radius 2 is 1.96 bits per heavy atom. The summed E-state index contributed by atoms with van der Waals surface area (Å²) < 4.78 is 5.26. The SMILES string of the molecule is CCc1cccc(C)c1NC(=S)NC(=O)/C=C/c1ccccc1OC. The zero-order chi connectivity index (χ0) is 18.2. The van der Waals surface area contributed by atoms with Crippen LogP contribution in [0.5, 0.6) is 5.75 Å². The molecule has 0 saturated heterocycles. The van der Waals surface area contributed by atoms with E-state index >= 15 is 0 Å². The minimum Gasteiger partial charge on any atom is -0.496 e. The molecule has 130 valence electrons. The number of para-hydroxylation sites is 2. The van der Waals surface area contributed by atoms with E-state index in [-0.39, 0.29) is 11.0 Å². The summed E-state index contributed by atoms with van der Waals surface area (Å²) in [5, 5.41) is 6.07. The second-order valence-corrected chi connectivity index (χ2v) is 5.89. The molecule has 2 aromatic rings. The van der Waals surface area contributed by atoms with Gasteiger partial charge in [-0.3, -0.25) is 10.1 Å². The maximum Gasteiger partial charge on any atom is 0.250 e. The Morgan fingerprint density at radius 3 is 2.68 bits per heavy atom. The number of ether oxygens (including phenoxy) is 1.